The summed E-state index contributed by atoms with van der Waals surface area (Å²) in [5.74, 6) is 1.31. The average molecular weight is 694 g/mol. The number of amides is 3. The number of likely N-dealkylation sites (tertiary alicyclic amines) is 1. The van der Waals surface area contributed by atoms with Crippen LogP contribution in [-0.2, 0) is 20.8 Å². The molecule has 1 aromatic rings. The molecule has 7 atom stereocenters. The SMILES string of the molecule is C#CC[C@H](NC(=O)[C@@H](CC(=O)N(C)CCN1C2CCC1CN(C)C2)Cc1ccccc1)C(=O)N[C@@H](CC1CCCCC1)[C@@H](O)[C@@H](O)CC(C)C. The molecule has 0 aromatic heterocycles. The molecule has 2 unspecified atom stereocenters. The van der Waals surface area contributed by atoms with E-state index in [1.807, 2.05) is 44.2 Å². The molecule has 2 bridgehead atoms. The van der Waals surface area contributed by atoms with Crippen LogP contribution in [0.3, 0.4) is 0 Å². The summed E-state index contributed by atoms with van der Waals surface area (Å²) in [7, 11) is 3.98. The number of likely N-dealkylation sites (N-methyl/N-ethyl adjacent to an activating group) is 2. The van der Waals surface area contributed by atoms with E-state index in [1.165, 1.54) is 19.3 Å². The van der Waals surface area contributed by atoms with Crippen molar-refractivity contribution < 1.29 is 24.6 Å². The fourth-order valence-electron chi connectivity index (χ4n) is 8.34. The molecule has 278 valence electrons. The van der Waals surface area contributed by atoms with Gasteiger partial charge in [-0.15, -0.1) is 12.3 Å². The van der Waals surface area contributed by atoms with Crippen LogP contribution in [-0.4, -0.2) is 119 Å². The van der Waals surface area contributed by atoms with Crippen LogP contribution in [0.4, 0.5) is 0 Å². The molecule has 10 heteroatoms. The molecule has 3 amide bonds. The van der Waals surface area contributed by atoms with Crippen molar-refractivity contribution in [2.75, 3.05) is 40.3 Å². The van der Waals surface area contributed by atoms with E-state index in [9.17, 15) is 24.6 Å². The van der Waals surface area contributed by atoms with Crippen molar-refractivity contribution in [2.45, 2.75) is 127 Å². The zero-order valence-electron chi connectivity index (χ0n) is 30.9. The molecular formula is C40H63N5O5. The number of hydrogen-bond acceptors (Lipinski definition) is 7. The third-order valence-corrected chi connectivity index (χ3v) is 11.2. The molecule has 2 aliphatic heterocycles. The standard InChI is InChI=1S/C40H63N5O5/c1-6-13-34(40(50)42-35(24-30-16-11-8-12-17-30)38(48)36(46)22-28(2)3)41-39(49)31(23-29-14-9-7-10-15-29)25-37(47)44(5)20-21-45-32-18-19-33(45)27-43(4)26-32/h1,7,9-10,14-15,28,30-36,38,46,48H,8,11-13,16-27H2,2-5H3,(H,41,49)(H,42,50)/t31-,32?,33?,34+,35+,36+,38-/m1/s1. The Balaban J connectivity index is 1.43. The topological polar surface area (TPSA) is 125 Å². The Morgan fingerprint density at radius 1 is 0.980 bits per heavy atom. The number of nitrogens with one attached hydrogen (secondary N) is 2. The Hall–Kier alpha value is -2.97. The Morgan fingerprint density at radius 2 is 1.64 bits per heavy atom. The lowest BCUT2D eigenvalue weighted by Crippen LogP contribution is -2.56. The molecule has 3 fully saturated rings. The number of terminal acetylenes is 1. The van der Waals surface area contributed by atoms with E-state index in [-0.39, 0.29) is 24.7 Å². The van der Waals surface area contributed by atoms with Crippen LogP contribution < -0.4 is 10.6 Å². The lowest BCUT2D eigenvalue weighted by Gasteiger charge is -2.40. The van der Waals surface area contributed by atoms with Gasteiger partial charge in [-0.25, -0.2) is 0 Å². The first-order valence-electron chi connectivity index (χ1n) is 19.1. The van der Waals surface area contributed by atoms with Gasteiger partial charge in [0.15, 0.2) is 0 Å². The summed E-state index contributed by atoms with van der Waals surface area (Å²) in [6.07, 6.45) is 12.6. The number of carbonyl (C=O) groups excluding carboxylic acids is 3. The molecular weight excluding hydrogens is 630 g/mol. The highest BCUT2D eigenvalue weighted by Crippen LogP contribution is 2.30. The van der Waals surface area contributed by atoms with E-state index < -0.39 is 42.0 Å². The summed E-state index contributed by atoms with van der Waals surface area (Å²) in [4.78, 5) is 48.0. The number of aliphatic hydroxyl groups is 2. The van der Waals surface area contributed by atoms with Gasteiger partial charge in [-0.2, -0.15) is 0 Å². The molecule has 4 N–H and O–H groups in total. The van der Waals surface area contributed by atoms with Crippen LogP contribution in [0.2, 0.25) is 0 Å². The van der Waals surface area contributed by atoms with Crippen LogP contribution in [0.1, 0.15) is 90.0 Å². The van der Waals surface area contributed by atoms with Gasteiger partial charge in [0.25, 0.3) is 0 Å². The van der Waals surface area contributed by atoms with Gasteiger partial charge >= 0.3 is 0 Å². The second kappa shape index (κ2) is 19.6. The number of benzene rings is 1. The van der Waals surface area contributed by atoms with Crippen LogP contribution >= 0.6 is 0 Å². The number of piperazine rings is 1. The fourth-order valence-corrected chi connectivity index (χ4v) is 8.34. The third kappa shape index (κ3) is 11.8. The summed E-state index contributed by atoms with van der Waals surface area (Å²) < 4.78 is 0. The van der Waals surface area contributed by atoms with Crippen LogP contribution in [0.15, 0.2) is 30.3 Å². The summed E-state index contributed by atoms with van der Waals surface area (Å²) in [6.45, 7) is 7.47. The van der Waals surface area contributed by atoms with Crippen molar-refractivity contribution in [3.05, 3.63) is 35.9 Å². The predicted molar refractivity (Wildman–Crippen MR) is 197 cm³/mol. The molecule has 3 aliphatic rings. The number of nitrogens with zero attached hydrogens (tertiary/aromatic N) is 3. The first-order valence-corrected chi connectivity index (χ1v) is 19.1. The monoisotopic (exact) mass is 693 g/mol. The van der Waals surface area contributed by atoms with Crippen molar-refractivity contribution in [1.29, 1.82) is 0 Å². The Bertz CT molecular complexity index is 1250. The number of rotatable bonds is 18. The molecule has 1 aromatic carbocycles. The second-order valence-corrected chi connectivity index (χ2v) is 15.8. The van der Waals surface area contributed by atoms with Gasteiger partial charge in [0.1, 0.15) is 12.1 Å². The van der Waals surface area contributed by atoms with Crippen molar-refractivity contribution in [2.24, 2.45) is 17.8 Å². The summed E-state index contributed by atoms with van der Waals surface area (Å²) in [6, 6.07) is 8.92. The summed E-state index contributed by atoms with van der Waals surface area (Å²) in [5, 5.41) is 27.9. The van der Waals surface area contributed by atoms with E-state index in [2.05, 4.69) is 33.4 Å². The molecule has 2 saturated heterocycles. The number of aliphatic hydroxyl groups excluding tert-OH is 2. The largest absolute Gasteiger partial charge is 0.390 e. The Kier molecular flexibility index (Phi) is 15.6. The highest BCUT2D eigenvalue weighted by atomic mass is 16.3. The molecule has 4 rings (SSSR count). The molecule has 10 nitrogen and oxygen atoms in total. The Labute approximate surface area is 300 Å². The summed E-state index contributed by atoms with van der Waals surface area (Å²) in [5.41, 5.74) is 0.921. The van der Waals surface area contributed by atoms with E-state index in [4.69, 9.17) is 6.42 Å². The lowest BCUT2D eigenvalue weighted by molar-refractivity contribution is -0.137. The molecule has 0 spiro atoms. The van der Waals surface area contributed by atoms with Gasteiger partial charge in [0.05, 0.1) is 18.1 Å². The molecule has 2 heterocycles. The van der Waals surface area contributed by atoms with Crippen molar-refractivity contribution in [3.63, 3.8) is 0 Å². The van der Waals surface area contributed by atoms with E-state index >= 15 is 0 Å². The molecule has 1 aliphatic carbocycles. The fraction of sp³-hybridized carbons (Fsp3) is 0.725. The number of carbonyl (C=O) groups is 3. The van der Waals surface area contributed by atoms with Crippen molar-refractivity contribution >= 4 is 17.7 Å². The third-order valence-electron chi connectivity index (χ3n) is 11.2. The van der Waals surface area contributed by atoms with Crippen LogP contribution in [0, 0.1) is 30.1 Å². The predicted octanol–water partition coefficient (Wildman–Crippen LogP) is 3.20. The minimum Gasteiger partial charge on any atom is -0.390 e. The molecule has 50 heavy (non-hydrogen) atoms. The van der Waals surface area contributed by atoms with Gasteiger partial charge < -0.3 is 30.6 Å². The number of hydrogen-bond donors (Lipinski definition) is 4. The van der Waals surface area contributed by atoms with Crippen molar-refractivity contribution in [3.8, 4) is 12.3 Å². The van der Waals surface area contributed by atoms with Crippen molar-refractivity contribution in [1.82, 2.24) is 25.3 Å². The Morgan fingerprint density at radius 3 is 2.26 bits per heavy atom. The smallest absolute Gasteiger partial charge is 0.243 e. The van der Waals surface area contributed by atoms with Gasteiger partial charge in [-0.1, -0.05) is 76.3 Å². The van der Waals surface area contributed by atoms with E-state index in [0.29, 0.717) is 43.8 Å². The zero-order chi connectivity index (χ0) is 36.2. The quantitative estimate of drug-likeness (QED) is 0.174. The number of fused-ring (bicyclic) bond motifs is 2. The average Bonchev–Trinajstić information content (AvgIpc) is 3.34. The maximum atomic E-state index is 14.0. The normalized spacial score (nSPS) is 23.0. The van der Waals surface area contributed by atoms with Gasteiger partial charge in [-0.3, -0.25) is 19.3 Å². The molecule has 1 saturated carbocycles. The van der Waals surface area contributed by atoms with Gasteiger partial charge in [-0.05, 0) is 56.6 Å². The zero-order valence-corrected chi connectivity index (χ0v) is 30.9. The minimum absolute atomic E-state index is 0.00162. The molecule has 0 radical (unpaired) electrons. The first-order chi connectivity index (χ1) is 23.9. The first kappa shape index (κ1) is 39.8. The highest BCUT2D eigenvalue weighted by Gasteiger charge is 2.39. The van der Waals surface area contributed by atoms with Gasteiger partial charge in [0, 0.05) is 58.2 Å². The van der Waals surface area contributed by atoms with Crippen LogP contribution in [0.5, 0.6) is 0 Å². The maximum Gasteiger partial charge on any atom is 0.243 e. The summed E-state index contributed by atoms with van der Waals surface area (Å²) >= 11 is 0. The van der Waals surface area contributed by atoms with E-state index in [1.54, 1.807) is 11.9 Å². The lowest BCUT2D eigenvalue weighted by atomic mass is 9.82. The minimum atomic E-state index is -1.15. The van der Waals surface area contributed by atoms with E-state index in [0.717, 1.165) is 50.9 Å². The van der Waals surface area contributed by atoms with Gasteiger partial charge in [0.2, 0.25) is 17.7 Å². The maximum absolute atomic E-state index is 14.0. The second-order valence-electron chi connectivity index (χ2n) is 15.8. The highest BCUT2D eigenvalue weighted by molar-refractivity contribution is 5.91. The van der Waals surface area contributed by atoms with Crippen LogP contribution in [0.25, 0.3) is 0 Å².